The Kier molecular flexibility index (Phi) is 6.75. The van der Waals surface area contributed by atoms with Gasteiger partial charge in [-0.05, 0) is 42.4 Å². The molecule has 2 atom stereocenters. The van der Waals surface area contributed by atoms with E-state index in [2.05, 4.69) is 21.7 Å². The summed E-state index contributed by atoms with van der Waals surface area (Å²) in [6, 6.07) is 8.49. The number of amides is 1. The van der Waals surface area contributed by atoms with E-state index in [1.165, 1.54) is 38.5 Å². The van der Waals surface area contributed by atoms with Crippen LogP contribution in [0, 0.1) is 11.8 Å². The van der Waals surface area contributed by atoms with Gasteiger partial charge in [0, 0.05) is 39.3 Å². The Balaban J connectivity index is 1.43. The lowest BCUT2D eigenvalue weighted by Gasteiger charge is -2.22. The Labute approximate surface area is 163 Å². The highest BCUT2D eigenvalue weighted by Crippen LogP contribution is 2.44. The molecule has 0 radical (unpaired) electrons. The molecule has 148 valence electrons. The summed E-state index contributed by atoms with van der Waals surface area (Å²) in [5, 5.41) is 7.02. The van der Waals surface area contributed by atoms with Crippen molar-refractivity contribution >= 4 is 11.9 Å². The van der Waals surface area contributed by atoms with Crippen LogP contribution in [-0.2, 0) is 6.42 Å². The minimum atomic E-state index is 0.0461. The van der Waals surface area contributed by atoms with Gasteiger partial charge >= 0.3 is 0 Å². The first-order valence-corrected chi connectivity index (χ1v) is 10.4. The van der Waals surface area contributed by atoms with E-state index in [0.29, 0.717) is 6.04 Å². The summed E-state index contributed by atoms with van der Waals surface area (Å²) in [5.74, 6) is 2.72. The van der Waals surface area contributed by atoms with Crippen molar-refractivity contribution in [3.05, 3.63) is 35.4 Å². The Bertz CT molecular complexity index is 664. The smallest absolute Gasteiger partial charge is 0.253 e. The molecule has 27 heavy (non-hydrogen) atoms. The molecule has 3 rings (SSSR count). The first-order chi connectivity index (χ1) is 13.1. The predicted octanol–water partition coefficient (Wildman–Crippen LogP) is 3.06. The van der Waals surface area contributed by atoms with Crippen molar-refractivity contribution in [1.29, 1.82) is 0 Å². The minimum Gasteiger partial charge on any atom is -0.356 e. The molecular weight excluding hydrogens is 336 g/mol. The van der Waals surface area contributed by atoms with Crippen LogP contribution in [0.25, 0.3) is 0 Å². The van der Waals surface area contributed by atoms with Gasteiger partial charge in [-0.25, -0.2) is 0 Å². The van der Waals surface area contributed by atoms with E-state index in [9.17, 15) is 4.79 Å². The fraction of sp³-hybridized carbons (Fsp3) is 0.636. The molecule has 2 unspecified atom stereocenters. The Morgan fingerprint density at radius 3 is 2.70 bits per heavy atom. The normalized spacial score (nSPS) is 23.0. The molecule has 5 nitrogen and oxygen atoms in total. The zero-order valence-corrected chi connectivity index (χ0v) is 17.0. The SMILES string of the molecule is CN=C(NCCc1cccc(C(=O)N(C)C)c1)NC1CC1C1CCCCC1. The van der Waals surface area contributed by atoms with Crippen LogP contribution in [0.5, 0.6) is 0 Å². The van der Waals surface area contributed by atoms with Crippen molar-refractivity contribution in [2.75, 3.05) is 27.7 Å². The third kappa shape index (κ3) is 5.47. The van der Waals surface area contributed by atoms with Crippen molar-refractivity contribution in [3.63, 3.8) is 0 Å². The van der Waals surface area contributed by atoms with Crippen molar-refractivity contribution in [2.45, 2.75) is 51.0 Å². The molecule has 2 saturated carbocycles. The van der Waals surface area contributed by atoms with Gasteiger partial charge < -0.3 is 15.5 Å². The van der Waals surface area contributed by atoms with Crippen LogP contribution < -0.4 is 10.6 Å². The highest BCUT2D eigenvalue weighted by atomic mass is 16.2. The molecule has 0 aliphatic heterocycles. The first-order valence-electron chi connectivity index (χ1n) is 10.4. The van der Waals surface area contributed by atoms with Gasteiger partial charge in [-0.2, -0.15) is 0 Å². The first kappa shape index (κ1) is 19.7. The molecule has 2 N–H and O–H groups in total. The molecule has 0 bridgehead atoms. The largest absolute Gasteiger partial charge is 0.356 e. The molecule has 1 aromatic carbocycles. The Morgan fingerprint density at radius 2 is 2.00 bits per heavy atom. The maximum atomic E-state index is 12.1. The van der Waals surface area contributed by atoms with Crippen LogP contribution in [0.15, 0.2) is 29.3 Å². The van der Waals surface area contributed by atoms with Crippen LogP contribution in [-0.4, -0.2) is 50.5 Å². The Morgan fingerprint density at radius 1 is 1.22 bits per heavy atom. The van der Waals surface area contributed by atoms with Gasteiger partial charge in [0.05, 0.1) is 0 Å². The van der Waals surface area contributed by atoms with Gasteiger partial charge in [0.2, 0.25) is 0 Å². The highest BCUT2D eigenvalue weighted by molar-refractivity contribution is 5.94. The van der Waals surface area contributed by atoms with Crippen molar-refractivity contribution < 1.29 is 4.79 Å². The molecule has 5 heteroatoms. The van der Waals surface area contributed by atoms with E-state index >= 15 is 0 Å². The second-order valence-electron chi connectivity index (χ2n) is 8.20. The lowest BCUT2D eigenvalue weighted by atomic mass is 9.85. The van der Waals surface area contributed by atoms with Crippen LogP contribution >= 0.6 is 0 Å². The summed E-state index contributed by atoms with van der Waals surface area (Å²) in [5.41, 5.74) is 1.91. The number of hydrogen-bond acceptors (Lipinski definition) is 2. The number of nitrogens with one attached hydrogen (secondary N) is 2. The van der Waals surface area contributed by atoms with E-state index in [0.717, 1.165) is 41.9 Å². The van der Waals surface area contributed by atoms with E-state index in [4.69, 9.17) is 0 Å². The molecule has 2 aliphatic rings. The molecule has 1 amide bonds. The molecule has 0 aromatic heterocycles. The second kappa shape index (κ2) is 9.25. The van der Waals surface area contributed by atoms with Gasteiger partial charge in [-0.15, -0.1) is 0 Å². The van der Waals surface area contributed by atoms with E-state index in [1.54, 1.807) is 19.0 Å². The molecule has 0 spiro atoms. The summed E-state index contributed by atoms with van der Waals surface area (Å²) >= 11 is 0. The molecule has 2 fully saturated rings. The van der Waals surface area contributed by atoms with E-state index < -0.39 is 0 Å². The van der Waals surface area contributed by atoms with Crippen LogP contribution in [0.4, 0.5) is 0 Å². The summed E-state index contributed by atoms with van der Waals surface area (Å²) in [7, 11) is 5.40. The fourth-order valence-electron chi connectivity index (χ4n) is 4.28. The second-order valence-corrected chi connectivity index (χ2v) is 8.20. The lowest BCUT2D eigenvalue weighted by Crippen LogP contribution is -2.40. The molecule has 0 saturated heterocycles. The van der Waals surface area contributed by atoms with E-state index in [-0.39, 0.29) is 5.91 Å². The number of guanidine groups is 1. The van der Waals surface area contributed by atoms with Crippen molar-refractivity contribution in [2.24, 2.45) is 16.8 Å². The average molecular weight is 371 g/mol. The molecular formula is C22H34N4O. The van der Waals surface area contributed by atoms with Gasteiger partial charge in [0.15, 0.2) is 5.96 Å². The number of hydrogen-bond donors (Lipinski definition) is 2. The quantitative estimate of drug-likeness (QED) is 0.598. The lowest BCUT2D eigenvalue weighted by molar-refractivity contribution is 0.0827. The average Bonchev–Trinajstić information content (AvgIpc) is 3.46. The summed E-state index contributed by atoms with van der Waals surface area (Å²) < 4.78 is 0. The van der Waals surface area contributed by atoms with Gasteiger partial charge in [0.25, 0.3) is 5.91 Å². The van der Waals surface area contributed by atoms with Gasteiger partial charge in [-0.1, -0.05) is 44.2 Å². The monoisotopic (exact) mass is 370 g/mol. The number of nitrogens with zero attached hydrogens (tertiary/aromatic N) is 2. The number of carbonyl (C=O) groups is 1. The summed E-state index contributed by atoms with van der Waals surface area (Å²) in [6.07, 6.45) is 9.23. The highest BCUT2D eigenvalue weighted by Gasteiger charge is 2.43. The number of carbonyl (C=O) groups excluding carboxylic acids is 1. The number of rotatable bonds is 6. The standard InChI is InChI=1S/C22H34N4O/c1-23-22(25-20-15-19(20)17-9-5-4-6-10-17)24-13-12-16-8-7-11-18(14-16)21(27)26(2)3/h7-8,11,14,17,19-20H,4-6,9-10,12-13,15H2,1-3H3,(H2,23,24,25). The number of aliphatic imine (C=N–C) groups is 1. The molecule has 1 aromatic rings. The van der Waals surface area contributed by atoms with Crippen LogP contribution in [0.1, 0.15) is 54.4 Å². The Hall–Kier alpha value is -2.04. The number of benzene rings is 1. The van der Waals surface area contributed by atoms with Crippen LogP contribution in [0.2, 0.25) is 0 Å². The van der Waals surface area contributed by atoms with Crippen LogP contribution in [0.3, 0.4) is 0 Å². The molecule has 0 heterocycles. The zero-order valence-electron chi connectivity index (χ0n) is 17.0. The van der Waals surface area contributed by atoms with Crippen molar-refractivity contribution in [1.82, 2.24) is 15.5 Å². The third-order valence-corrected chi connectivity index (χ3v) is 5.93. The zero-order chi connectivity index (χ0) is 19.2. The summed E-state index contributed by atoms with van der Waals surface area (Å²) in [6.45, 7) is 0.806. The minimum absolute atomic E-state index is 0.0461. The van der Waals surface area contributed by atoms with Gasteiger partial charge in [-0.3, -0.25) is 9.79 Å². The summed E-state index contributed by atoms with van der Waals surface area (Å²) in [4.78, 5) is 18.1. The van der Waals surface area contributed by atoms with E-state index in [1.807, 2.05) is 25.2 Å². The van der Waals surface area contributed by atoms with Crippen molar-refractivity contribution in [3.8, 4) is 0 Å². The third-order valence-electron chi connectivity index (χ3n) is 5.93. The maximum absolute atomic E-state index is 12.1. The maximum Gasteiger partial charge on any atom is 0.253 e. The fourth-order valence-corrected chi connectivity index (χ4v) is 4.28. The predicted molar refractivity (Wildman–Crippen MR) is 111 cm³/mol. The molecule has 2 aliphatic carbocycles. The van der Waals surface area contributed by atoms with Gasteiger partial charge in [0.1, 0.15) is 0 Å². The topological polar surface area (TPSA) is 56.7 Å².